The fourth-order valence-electron chi connectivity index (χ4n) is 2.33. The SMILES string of the molecule is CC(C)NCC1CCCN(S(=O)(=O)Nc2cn[nH]c2)C1. The van der Waals surface area contributed by atoms with E-state index in [1.165, 1.54) is 16.7 Å². The Hall–Kier alpha value is -1.12. The predicted octanol–water partition coefficient (Wildman–Crippen LogP) is 0.776. The van der Waals surface area contributed by atoms with E-state index in [4.69, 9.17) is 0 Å². The van der Waals surface area contributed by atoms with Gasteiger partial charge in [-0.15, -0.1) is 0 Å². The summed E-state index contributed by atoms with van der Waals surface area (Å²) in [4.78, 5) is 0. The van der Waals surface area contributed by atoms with Crippen LogP contribution >= 0.6 is 0 Å². The lowest BCUT2D eigenvalue weighted by Crippen LogP contribution is -2.45. The molecule has 2 heterocycles. The highest BCUT2D eigenvalue weighted by molar-refractivity contribution is 7.90. The summed E-state index contributed by atoms with van der Waals surface area (Å²) in [6.07, 6.45) is 4.95. The normalized spacial score (nSPS) is 21.2. The molecule has 8 heteroatoms. The van der Waals surface area contributed by atoms with Crippen LogP contribution in [0.25, 0.3) is 0 Å². The minimum absolute atomic E-state index is 0.368. The zero-order valence-electron chi connectivity index (χ0n) is 12.0. The molecule has 0 spiro atoms. The summed E-state index contributed by atoms with van der Waals surface area (Å²) in [7, 11) is -3.48. The Labute approximate surface area is 120 Å². The van der Waals surface area contributed by atoms with Crippen molar-refractivity contribution < 1.29 is 8.42 Å². The summed E-state index contributed by atoms with van der Waals surface area (Å²) >= 11 is 0. The molecule has 0 radical (unpaired) electrons. The number of nitrogens with zero attached hydrogens (tertiary/aromatic N) is 2. The molecule has 1 fully saturated rings. The van der Waals surface area contributed by atoms with E-state index in [1.54, 1.807) is 0 Å². The second-order valence-corrected chi connectivity index (χ2v) is 7.19. The van der Waals surface area contributed by atoms with Crippen molar-refractivity contribution in [3.05, 3.63) is 12.4 Å². The molecule has 0 aromatic carbocycles. The van der Waals surface area contributed by atoms with Crippen LogP contribution in [0, 0.1) is 5.92 Å². The summed E-state index contributed by atoms with van der Waals surface area (Å²) < 4.78 is 28.6. The summed E-state index contributed by atoms with van der Waals surface area (Å²) in [5.74, 6) is 0.368. The summed E-state index contributed by atoms with van der Waals surface area (Å²) in [6, 6.07) is 0.422. The maximum Gasteiger partial charge on any atom is 0.301 e. The number of anilines is 1. The van der Waals surface area contributed by atoms with Crippen molar-refractivity contribution in [3.63, 3.8) is 0 Å². The van der Waals surface area contributed by atoms with Crippen LogP contribution in [-0.2, 0) is 10.2 Å². The Morgan fingerprint density at radius 1 is 1.55 bits per heavy atom. The quantitative estimate of drug-likeness (QED) is 0.724. The van der Waals surface area contributed by atoms with Crippen LogP contribution in [0.2, 0.25) is 0 Å². The van der Waals surface area contributed by atoms with Crippen molar-refractivity contribution >= 4 is 15.9 Å². The number of piperidine rings is 1. The maximum atomic E-state index is 12.3. The van der Waals surface area contributed by atoms with E-state index in [1.807, 2.05) is 0 Å². The molecule has 1 aromatic heterocycles. The van der Waals surface area contributed by atoms with Crippen LogP contribution in [0.3, 0.4) is 0 Å². The standard InChI is InChI=1S/C12H23N5O2S/c1-10(2)13-6-11-4-3-5-17(9-11)20(18,19)16-12-7-14-15-8-12/h7-8,10-11,13,16H,3-6,9H2,1-2H3,(H,14,15). The van der Waals surface area contributed by atoms with Crippen LogP contribution in [0.15, 0.2) is 12.4 Å². The van der Waals surface area contributed by atoms with Gasteiger partial charge in [0.05, 0.1) is 11.9 Å². The molecule has 0 aliphatic carbocycles. The van der Waals surface area contributed by atoms with E-state index in [2.05, 4.69) is 34.1 Å². The van der Waals surface area contributed by atoms with Gasteiger partial charge in [-0.1, -0.05) is 13.8 Å². The highest BCUT2D eigenvalue weighted by Crippen LogP contribution is 2.20. The lowest BCUT2D eigenvalue weighted by molar-refractivity contribution is 0.258. The highest BCUT2D eigenvalue weighted by atomic mass is 32.2. The van der Waals surface area contributed by atoms with Gasteiger partial charge < -0.3 is 5.32 Å². The first kappa shape index (κ1) is 15.3. The van der Waals surface area contributed by atoms with Gasteiger partial charge in [-0.2, -0.15) is 17.8 Å². The Bertz CT molecular complexity index is 500. The van der Waals surface area contributed by atoms with Crippen molar-refractivity contribution in [1.29, 1.82) is 0 Å². The van der Waals surface area contributed by atoms with Gasteiger partial charge in [-0.05, 0) is 25.3 Å². The van der Waals surface area contributed by atoms with E-state index in [-0.39, 0.29) is 0 Å². The lowest BCUT2D eigenvalue weighted by atomic mass is 9.99. The van der Waals surface area contributed by atoms with Gasteiger partial charge >= 0.3 is 10.2 Å². The van der Waals surface area contributed by atoms with Crippen molar-refractivity contribution in [2.24, 2.45) is 5.92 Å². The fourth-order valence-corrected chi connectivity index (χ4v) is 3.65. The third-order valence-electron chi connectivity index (χ3n) is 3.38. The molecule has 1 saturated heterocycles. The van der Waals surface area contributed by atoms with Crippen LogP contribution in [-0.4, -0.2) is 48.6 Å². The molecule has 0 bridgehead atoms. The molecule has 1 aromatic rings. The molecule has 1 atom stereocenters. The number of hydrogen-bond donors (Lipinski definition) is 3. The Morgan fingerprint density at radius 3 is 3.00 bits per heavy atom. The van der Waals surface area contributed by atoms with Crippen molar-refractivity contribution in [1.82, 2.24) is 19.8 Å². The summed E-state index contributed by atoms with van der Waals surface area (Å²) in [5, 5.41) is 9.70. The minimum atomic E-state index is -3.48. The topological polar surface area (TPSA) is 90.1 Å². The van der Waals surface area contributed by atoms with Crippen LogP contribution < -0.4 is 10.0 Å². The van der Waals surface area contributed by atoms with E-state index in [0.717, 1.165) is 19.4 Å². The molecule has 2 rings (SSSR count). The van der Waals surface area contributed by atoms with E-state index in [9.17, 15) is 8.42 Å². The number of hydrogen-bond acceptors (Lipinski definition) is 4. The number of H-pyrrole nitrogens is 1. The summed E-state index contributed by atoms with van der Waals surface area (Å²) in [5.41, 5.74) is 0.465. The van der Waals surface area contributed by atoms with Crippen molar-refractivity contribution in [2.45, 2.75) is 32.7 Å². The van der Waals surface area contributed by atoms with Gasteiger partial charge in [0.15, 0.2) is 0 Å². The monoisotopic (exact) mass is 301 g/mol. The number of nitrogens with one attached hydrogen (secondary N) is 3. The second kappa shape index (κ2) is 6.55. The Balaban J connectivity index is 1.93. The molecule has 7 nitrogen and oxygen atoms in total. The maximum absolute atomic E-state index is 12.3. The average Bonchev–Trinajstić information content (AvgIpc) is 2.89. The third-order valence-corrected chi connectivity index (χ3v) is 4.89. The first-order chi connectivity index (χ1) is 9.47. The molecular formula is C12H23N5O2S. The van der Waals surface area contributed by atoms with Crippen LogP contribution in [0.4, 0.5) is 5.69 Å². The number of aromatic amines is 1. The van der Waals surface area contributed by atoms with Crippen LogP contribution in [0.5, 0.6) is 0 Å². The van der Waals surface area contributed by atoms with E-state index >= 15 is 0 Å². The van der Waals surface area contributed by atoms with Crippen LogP contribution in [0.1, 0.15) is 26.7 Å². The number of aromatic nitrogens is 2. The summed E-state index contributed by atoms with van der Waals surface area (Å²) in [6.45, 7) is 6.18. The first-order valence-corrected chi connectivity index (χ1v) is 8.41. The van der Waals surface area contributed by atoms with Gasteiger partial charge in [0.2, 0.25) is 0 Å². The largest absolute Gasteiger partial charge is 0.314 e. The van der Waals surface area contributed by atoms with E-state index < -0.39 is 10.2 Å². The molecule has 20 heavy (non-hydrogen) atoms. The van der Waals surface area contributed by atoms with Gasteiger partial charge in [-0.25, -0.2) is 0 Å². The molecule has 3 N–H and O–H groups in total. The van der Waals surface area contributed by atoms with Gasteiger partial charge in [-0.3, -0.25) is 9.82 Å². The molecular weight excluding hydrogens is 278 g/mol. The Kier molecular flexibility index (Phi) is 5.00. The Morgan fingerprint density at radius 2 is 2.35 bits per heavy atom. The highest BCUT2D eigenvalue weighted by Gasteiger charge is 2.28. The first-order valence-electron chi connectivity index (χ1n) is 6.97. The predicted molar refractivity (Wildman–Crippen MR) is 78.6 cm³/mol. The molecule has 1 aliphatic heterocycles. The molecule has 1 unspecified atom stereocenters. The van der Waals surface area contributed by atoms with Crippen molar-refractivity contribution in [2.75, 3.05) is 24.4 Å². The number of rotatable bonds is 6. The molecule has 1 aliphatic rings. The molecule has 114 valence electrons. The minimum Gasteiger partial charge on any atom is -0.314 e. The van der Waals surface area contributed by atoms with Gasteiger partial charge in [0.1, 0.15) is 0 Å². The molecule has 0 saturated carbocycles. The van der Waals surface area contributed by atoms with E-state index in [0.29, 0.717) is 30.7 Å². The second-order valence-electron chi connectivity index (χ2n) is 5.52. The van der Waals surface area contributed by atoms with Gasteiger partial charge in [0.25, 0.3) is 0 Å². The zero-order chi connectivity index (χ0) is 14.6. The zero-order valence-corrected chi connectivity index (χ0v) is 12.8. The fraction of sp³-hybridized carbons (Fsp3) is 0.750. The average molecular weight is 301 g/mol. The smallest absolute Gasteiger partial charge is 0.301 e. The molecule has 0 amide bonds. The van der Waals surface area contributed by atoms with Crippen molar-refractivity contribution in [3.8, 4) is 0 Å². The van der Waals surface area contributed by atoms with Gasteiger partial charge in [0, 0.05) is 25.3 Å². The lowest BCUT2D eigenvalue weighted by Gasteiger charge is -2.32. The third kappa shape index (κ3) is 4.19.